The molecule has 1 aromatic heterocycles. The molecular formula is C15H14N6O5S. The minimum Gasteiger partial charge on any atom is -0.452 e. The van der Waals surface area contributed by atoms with Crippen molar-refractivity contribution in [3.05, 3.63) is 36.2 Å². The summed E-state index contributed by atoms with van der Waals surface area (Å²) in [6.45, 7) is -0.289. The number of carbonyl (C=O) groups is 4. The van der Waals surface area contributed by atoms with Gasteiger partial charge in [-0.3, -0.25) is 19.3 Å². The quantitative estimate of drug-likeness (QED) is 0.628. The summed E-state index contributed by atoms with van der Waals surface area (Å²) in [7, 11) is 0. The average molecular weight is 390 g/mol. The Morgan fingerprint density at radius 2 is 2.00 bits per heavy atom. The molecule has 1 aromatic carbocycles. The van der Waals surface area contributed by atoms with Gasteiger partial charge in [0.15, 0.2) is 6.61 Å². The van der Waals surface area contributed by atoms with Crippen molar-refractivity contribution in [2.24, 2.45) is 0 Å². The van der Waals surface area contributed by atoms with Crippen molar-refractivity contribution in [2.45, 2.75) is 0 Å². The minimum atomic E-state index is -0.658. The number of thioether (sulfide) groups is 1. The molecule has 11 nitrogen and oxygen atoms in total. The second-order valence-electron chi connectivity index (χ2n) is 5.33. The van der Waals surface area contributed by atoms with E-state index in [0.717, 1.165) is 16.7 Å². The number of carbonyl (C=O) groups excluding carboxylic acids is 4. The number of imide groups is 1. The van der Waals surface area contributed by atoms with Crippen LogP contribution in [0.25, 0.3) is 5.69 Å². The topological polar surface area (TPSA) is 136 Å². The first-order valence-electron chi connectivity index (χ1n) is 7.79. The maximum atomic E-state index is 12.0. The molecule has 0 saturated carbocycles. The van der Waals surface area contributed by atoms with Crippen molar-refractivity contribution in [1.29, 1.82) is 0 Å². The van der Waals surface area contributed by atoms with Crippen LogP contribution in [0.5, 0.6) is 0 Å². The molecule has 0 radical (unpaired) electrons. The average Bonchev–Trinajstić information content (AvgIpc) is 3.32. The first-order chi connectivity index (χ1) is 13.0. The number of hydrogen-bond acceptors (Lipinski definition) is 9. The molecule has 1 N–H and O–H groups in total. The van der Waals surface area contributed by atoms with E-state index in [-0.39, 0.29) is 35.6 Å². The summed E-state index contributed by atoms with van der Waals surface area (Å²) < 4.78 is 6.36. The molecule has 3 amide bonds. The summed E-state index contributed by atoms with van der Waals surface area (Å²) in [6, 6.07) is 6.32. The number of nitrogens with one attached hydrogen (secondary N) is 1. The van der Waals surface area contributed by atoms with Crippen LogP contribution in [0.2, 0.25) is 0 Å². The van der Waals surface area contributed by atoms with Crippen LogP contribution in [0.4, 0.5) is 4.79 Å². The maximum absolute atomic E-state index is 12.0. The Bertz CT molecular complexity index is 838. The van der Waals surface area contributed by atoms with Gasteiger partial charge in [-0.1, -0.05) is 11.8 Å². The SMILES string of the molecule is O=C(COC(=O)c1ccc(-n2cnnn2)cc1)NCCN1C(=O)CSC1=O. The van der Waals surface area contributed by atoms with Gasteiger partial charge in [-0.05, 0) is 34.7 Å². The molecule has 0 atom stereocenters. The van der Waals surface area contributed by atoms with Gasteiger partial charge in [0.25, 0.3) is 11.1 Å². The number of aromatic nitrogens is 4. The largest absolute Gasteiger partial charge is 0.452 e. The van der Waals surface area contributed by atoms with E-state index in [1.165, 1.54) is 23.1 Å². The van der Waals surface area contributed by atoms with Gasteiger partial charge < -0.3 is 10.1 Å². The Labute approximate surface area is 157 Å². The molecule has 140 valence electrons. The summed E-state index contributed by atoms with van der Waals surface area (Å²) in [5.74, 6) is -1.35. The number of esters is 1. The summed E-state index contributed by atoms with van der Waals surface area (Å²) in [6.07, 6.45) is 1.42. The van der Waals surface area contributed by atoms with Crippen molar-refractivity contribution < 1.29 is 23.9 Å². The number of hydrogen-bond donors (Lipinski definition) is 1. The van der Waals surface area contributed by atoms with Gasteiger partial charge >= 0.3 is 5.97 Å². The Morgan fingerprint density at radius 3 is 2.63 bits per heavy atom. The van der Waals surface area contributed by atoms with Crippen LogP contribution in [0, 0.1) is 0 Å². The molecule has 1 saturated heterocycles. The lowest BCUT2D eigenvalue weighted by atomic mass is 10.2. The molecule has 3 rings (SSSR count). The zero-order valence-corrected chi connectivity index (χ0v) is 14.7. The molecule has 2 heterocycles. The highest BCUT2D eigenvalue weighted by atomic mass is 32.2. The standard InChI is InChI=1S/C15H14N6O5S/c22-12(16-5-6-20-13(23)8-27-15(20)25)7-26-14(24)10-1-3-11(4-2-10)21-9-17-18-19-21/h1-4,9H,5-8H2,(H,16,22). The van der Waals surface area contributed by atoms with Gasteiger partial charge in [-0.25, -0.2) is 9.48 Å². The lowest BCUT2D eigenvalue weighted by molar-refractivity contribution is -0.126. The van der Waals surface area contributed by atoms with E-state index in [2.05, 4.69) is 20.8 Å². The molecule has 0 aliphatic carbocycles. The highest BCUT2D eigenvalue weighted by molar-refractivity contribution is 8.14. The number of nitrogens with zero attached hydrogens (tertiary/aromatic N) is 5. The van der Waals surface area contributed by atoms with E-state index in [0.29, 0.717) is 5.69 Å². The fourth-order valence-corrected chi connectivity index (χ4v) is 2.95. The number of ether oxygens (including phenoxy) is 1. The van der Waals surface area contributed by atoms with Crippen molar-refractivity contribution in [2.75, 3.05) is 25.4 Å². The summed E-state index contributed by atoms with van der Waals surface area (Å²) in [4.78, 5) is 47.6. The molecule has 1 aliphatic heterocycles. The van der Waals surface area contributed by atoms with E-state index in [9.17, 15) is 19.2 Å². The van der Waals surface area contributed by atoms with Gasteiger partial charge in [0.2, 0.25) is 5.91 Å². The van der Waals surface area contributed by atoms with Crippen LogP contribution < -0.4 is 5.32 Å². The van der Waals surface area contributed by atoms with Crippen LogP contribution in [-0.4, -0.2) is 73.6 Å². The Morgan fingerprint density at radius 1 is 1.22 bits per heavy atom. The lowest BCUT2D eigenvalue weighted by Gasteiger charge is -2.13. The Hall–Kier alpha value is -3.28. The number of amides is 3. The van der Waals surface area contributed by atoms with Crippen LogP contribution in [0.1, 0.15) is 10.4 Å². The minimum absolute atomic E-state index is 0.0863. The van der Waals surface area contributed by atoms with Gasteiger partial charge in [-0.2, -0.15) is 0 Å². The van der Waals surface area contributed by atoms with Gasteiger partial charge in [-0.15, -0.1) is 5.10 Å². The first kappa shape index (κ1) is 18.5. The van der Waals surface area contributed by atoms with E-state index in [1.54, 1.807) is 12.1 Å². The van der Waals surface area contributed by atoms with Gasteiger partial charge in [0, 0.05) is 13.1 Å². The molecule has 0 bridgehead atoms. The molecule has 1 aliphatic rings. The van der Waals surface area contributed by atoms with E-state index in [1.807, 2.05) is 0 Å². The van der Waals surface area contributed by atoms with Crippen molar-refractivity contribution in [3.8, 4) is 5.69 Å². The van der Waals surface area contributed by atoms with E-state index >= 15 is 0 Å². The third kappa shape index (κ3) is 4.67. The predicted molar refractivity (Wildman–Crippen MR) is 92.0 cm³/mol. The second kappa shape index (κ2) is 8.40. The second-order valence-corrected chi connectivity index (χ2v) is 6.25. The maximum Gasteiger partial charge on any atom is 0.338 e. The zero-order chi connectivity index (χ0) is 19.2. The molecule has 27 heavy (non-hydrogen) atoms. The molecule has 0 spiro atoms. The molecule has 1 fully saturated rings. The Kier molecular flexibility index (Phi) is 5.76. The van der Waals surface area contributed by atoms with E-state index < -0.39 is 18.5 Å². The van der Waals surface area contributed by atoms with Gasteiger partial charge in [0.05, 0.1) is 17.0 Å². The smallest absolute Gasteiger partial charge is 0.338 e. The normalized spacial score (nSPS) is 13.7. The van der Waals surface area contributed by atoms with Crippen molar-refractivity contribution in [1.82, 2.24) is 30.4 Å². The van der Waals surface area contributed by atoms with E-state index in [4.69, 9.17) is 4.74 Å². The van der Waals surface area contributed by atoms with Crippen LogP contribution in [0.15, 0.2) is 30.6 Å². The van der Waals surface area contributed by atoms with Crippen LogP contribution in [0.3, 0.4) is 0 Å². The molecule has 2 aromatic rings. The summed E-state index contributed by atoms with van der Waals surface area (Å²) in [5.41, 5.74) is 0.934. The predicted octanol–water partition coefficient (Wildman–Crippen LogP) is -0.369. The fourth-order valence-electron chi connectivity index (χ4n) is 2.20. The third-order valence-electron chi connectivity index (χ3n) is 3.55. The third-order valence-corrected chi connectivity index (χ3v) is 4.41. The lowest BCUT2D eigenvalue weighted by Crippen LogP contribution is -2.38. The molecule has 0 unspecified atom stereocenters. The fraction of sp³-hybridized carbons (Fsp3) is 0.267. The Balaban J connectivity index is 1.41. The van der Waals surface area contributed by atoms with Gasteiger partial charge in [0.1, 0.15) is 6.33 Å². The zero-order valence-electron chi connectivity index (χ0n) is 13.9. The first-order valence-corrected chi connectivity index (χ1v) is 8.77. The van der Waals surface area contributed by atoms with Crippen molar-refractivity contribution >= 4 is 34.8 Å². The highest BCUT2D eigenvalue weighted by Gasteiger charge is 2.29. The highest BCUT2D eigenvalue weighted by Crippen LogP contribution is 2.17. The molecule has 12 heteroatoms. The number of rotatable bonds is 7. The number of tetrazole rings is 1. The van der Waals surface area contributed by atoms with Crippen LogP contribution in [-0.2, 0) is 14.3 Å². The summed E-state index contributed by atoms with van der Waals surface area (Å²) >= 11 is 0.927. The number of benzene rings is 1. The summed E-state index contributed by atoms with van der Waals surface area (Å²) in [5, 5.41) is 12.9. The van der Waals surface area contributed by atoms with Crippen molar-refractivity contribution in [3.63, 3.8) is 0 Å². The van der Waals surface area contributed by atoms with Crippen LogP contribution >= 0.6 is 11.8 Å². The molecular weight excluding hydrogens is 376 g/mol. The monoisotopic (exact) mass is 390 g/mol.